The molecule has 0 aliphatic carbocycles. The summed E-state index contributed by atoms with van der Waals surface area (Å²) in [4.78, 5) is 0. The Kier molecular flexibility index (Phi) is 9.10. The van der Waals surface area contributed by atoms with Gasteiger partial charge in [0.15, 0.2) is 0 Å². The van der Waals surface area contributed by atoms with Crippen LogP contribution in [0.25, 0.3) is 0 Å². The van der Waals surface area contributed by atoms with E-state index in [4.69, 9.17) is 0 Å². The standard InChI is InChI=1S/C11H19/c1-3-5-7-9-11-10-8-6-4-2/h6,10H,1,3-5,7,9,11H2,2H3. The van der Waals surface area contributed by atoms with Gasteiger partial charge in [-0.25, -0.2) is 0 Å². The summed E-state index contributed by atoms with van der Waals surface area (Å²) in [5.41, 5.74) is 3.15. The zero-order valence-corrected chi connectivity index (χ0v) is 7.60. The van der Waals surface area contributed by atoms with Gasteiger partial charge in [0.25, 0.3) is 0 Å². The third-order valence-corrected chi connectivity index (χ3v) is 1.54. The summed E-state index contributed by atoms with van der Waals surface area (Å²) in [7, 11) is 0. The van der Waals surface area contributed by atoms with Gasteiger partial charge in [-0.1, -0.05) is 33.1 Å². The minimum atomic E-state index is 1.08. The average molecular weight is 151 g/mol. The molecule has 0 heteroatoms. The van der Waals surface area contributed by atoms with Crippen LogP contribution in [0.3, 0.4) is 0 Å². The molecular weight excluding hydrogens is 132 g/mol. The van der Waals surface area contributed by atoms with Crippen molar-refractivity contribution in [1.82, 2.24) is 0 Å². The van der Waals surface area contributed by atoms with Crippen LogP contribution in [0.5, 0.6) is 0 Å². The van der Waals surface area contributed by atoms with Crippen LogP contribution in [0.15, 0.2) is 17.9 Å². The van der Waals surface area contributed by atoms with Gasteiger partial charge < -0.3 is 0 Å². The van der Waals surface area contributed by atoms with Crippen molar-refractivity contribution in [1.29, 1.82) is 0 Å². The fraction of sp³-hybridized carbons (Fsp3) is 0.636. The molecule has 63 valence electrons. The molecule has 0 N–H and O–H groups in total. The van der Waals surface area contributed by atoms with Gasteiger partial charge >= 0.3 is 0 Å². The van der Waals surface area contributed by atoms with Gasteiger partial charge in [0.1, 0.15) is 0 Å². The summed E-state index contributed by atoms with van der Waals surface area (Å²) >= 11 is 0. The predicted molar refractivity (Wildman–Crippen MR) is 51.4 cm³/mol. The van der Waals surface area contributed by atoms with Crippen molar-refractivity contribution in [3.05, 3.63) is 24.8 Å². The number of hydrogen-bond donors (Lipinski definition) is 0. The molecule has 0 nitrogen and oxygen atoms in total. The van der Waals surface area contributed by atoms with Crippen molar-refractivity contribution in [3.63, 3.8) is 0 Å². The van der Waals surface area contributed by atoms with E-state index in [2.05, 4.69) is 31.7 Å². The molecule has 0 atom stereocenters. The molecule has 0 spiro atoms. The molecular formula is C11H19. The minimum absolute atomic E-state index is 1.08. The Bertz CT molecular complexity index is 116. The first-order chi connectivity index (χ1) is 5.41. The van der Waals surface area contributed by atoms with Crippen LogP contribution in [0.2, 0.25) is 0 Å². The second-order valence-electron chi connectivity index (χ2n) is 2.69. The Hall–Kier alpha value is -0.480. The van der Waals surface area contributed by atoms with Crippen molar-refractivity contribution in [3.8, 4) is 0 Å². The Labute approximate surface area is 71.0 Å². The van der Waals surface area contributed by atoms with E-state index in [-0.39, 0.29) is 0 Å². The van der Waals surface area contributed by atoms with Crippen molar-refractivity contribution >= 4 is 0 Å². The van der Waals surface area contributed by atoms with E-state index in [1.807, 2.05) is 0 Å². The monoisotopic (exact) mass is 151 g/mol. The molecule has 0 bridgehead atoms. The lowest BCUT2D eigenvalue weighted by molar-refractivity contribution is 0.695. The van der Waals surface area contributed by atoms with E-state index < -0.39 is 0 Å². The number of allylic oxidation sites excluding steroid dienone is 1. The zero-order valence-electron chi connectivity index (χ0n) is 7.60. The summed E-state index contributed by atoms with van der Waals surface area (Å²) in [6.07, 6.45) is 11.4. The molecule has 0 fully saturated rings. The van der Waals surface area contributed by atoms with Crippen molar-refractivity contribution in [2.75, 3.05) is 0 Å². The van der Waals surface area contributed by atoms with Gasteiger partial charge in [-0.15, -0.1) is 5.73 Å². The van der Waals surface area contributed by atoms with Crippen LogP contribution in [0.4, 0.5) is 0 Å². The first-order valence-corrected chi connectivity index (χ1v) is 4.60. The molecule has 0 heterocycles. The zero-order chi connectivity index (χ0) is 8.36. The molecule has 0 aromatic heterocycles. The van der Waals surface area contributed by atoms with Gasteiger partial charge in [0.2, 0.25) is 0 Å². The number of unbranched alkanes of at least 4 members (excludes halogenated alkanes) is 4. The normalized spacial score (nSPS) is 8.91. The summed E-state index contributed by atoms with van der Waals surface area (Å²) in [5.74, 6) is 0. The van der Waals surface area contributed by atoms with Gasteiger partial charge in [0.05, 0.1) is 0 Å². The third kappa shape index (κ3) is 9.52. The average Bonchev–Trinajstić information content (AvgIpc) is 2.03. The number of rotatable bonds is 6. The van der Waals surface area contributed by atoms with E-state index in [1.54, 1.807) is 0 Å². The Morgan fingerprint density at radius 1 is 1.18 bits per heavy atom. The molecule has 0 unspecified atom stereocenters. The summed E-state index contributed by atoms with van der Waals surface area (Å²) in [5, 5.41) is 0. The molecule has 1 radical (unpaired) electrons. The number of hydrogen-bond acceptors (Lipinski definition) is 0. The molecule has 0 amide bonds. The second kappa shape index (κ2) is 9.52. The predicted octanol–water partition coefficient (Wildman–Crippen LogP) is 3.89. The van der Waals surface area contributed by atoms with E-state index in [1.165, 1.54) is 25.7 Å². The SMILES string of the molecule is [CH2]CCCCCC=C=CCC. The highest BCUT2D eigenvalue weighted by Gasteiger charge is 1.82. The molecule has 11 heavy (non-hydrogen) atoms. The summed E-state index contributed by atoms with van der Waals surface area (Å²) in [6.45, 7) is 5.93. The smallest absolute Gasteiger partial charge is 0.0274 e. The van der Waals surface area contributed by atoms with E-state index >= 15 is 0 Å². The van der Waals surface area contributed by atoms with Crippen LogP contribution in [0, 0.1) is 6.92 Å². The molecule has 0 saturated carbocycles. The Morgan fingerprint density at radius 2 is 2.00 bits per heavy atom. The van der Waals surface area contributed by atoms with Gasteiger partial charge in [-0.3, -0.25) is 0 Å². The molecule has 0 aliphatic heterocycles. The van der Waals surface area contributed by atoms with Gasteiger partial charge in [-0.2, -0.15) is 0 Å². The van der Waals surface area contributed by atoms with Crippen molar-refractivity contribution in [2.45, 2.75) is 45.4 Å². The van der Waals surface area contributed by atoms with Crippen LogP contribution < -0.4 is 0 Å². The first kappa shape index (κ1) is 10.5. The lowest BCUT2D eigenvalue weighted by atomic mass is 10.1. The minimum Gasteiger partial charge on any atom is -0.130 e. The molecule has 0 aromatic rings. The van der Waals surface area contributed by atoms with Gasteiger partial charge in [0, 0.05) is 0 Å². The Balaban J connectivity index is 3.07. The second-order valence-corrected chi connectivity index (χ2v) is 2.69. The molecule has 0 rings (SSSR count). The van der Waals surface area contributed by atoms with Crippen LogP contribution in [-0.4, -0.2) is 0 Å². The fourth-order valence-electron chi connectivity index (χ4n) is 0.884. The lowest BCUT2D eigenvalue weighted by Crippen LogP contribution is -1.72. The van der Waals surface area contributed by atoms with E-state index in [0.717, 1.165) is 12.8 Å². The summed E-state index contributed by atoms with van der Waals surface area (Å²) in [6, 6.07) is 0. The molecule has 0 saturated heterocycles. The fourth-order valence-corrected chi connectivity index (χ4v) is 0.884. The molecule has 0 aliphatic rings. The van der Waals surface area contributed by atoms with E-state index in [9.17, 15) is 0 Å². The van der Waals surface area contributed by atoms with Crippen LogP contribution in [-0.2, 0) is 0 Å². The van der Waals surface area contributed by atoms with Gasteiger partial charge in [-0.05, 0) is 31.4 Å². The van der Waals surface area contributed by atoms with Crippen molar-refractivity contribution in [2.24, 2.45) is 0 Å². The first-order valence-electron chi connectivity index (χ1n) is 4.60. The maximum atomic E-state index is 3.80. The van der Waals surface area contributed by atoms with Crippen LogP contribution in [0.1, 0.15) is 45.4 Å². The lowest BCUT2D eigenvalue weighted by Gasteiger charge is -1.91. The summed E-state index contributed by atoms with van der Waals surface area (Å²) < 4.78 is 0. The quantitative estimate of drug-likeness (QED) is 0.399. The third-order valence-electron chi connectivity index (χ3n) is 1.54. The van der Waals surface area contributed by atoms with Crippen LogP contribution >= 0.6 is 0 Å². The topological polar surface area (TPSA) is 0 Å². The highest BCUT2D eigenvalue weighted by atomic mass is 13.9. The molecule has 0 aromatic carbocycles. The maximum absolute atomic E-state index is 3.80. The Morgan fingerprint density at radius 3 is 2.64 bits per heavy atom. The van der Waals surface area contributed by atoms with E-state index in [0.29, 0.717) is 0 Å². The maximum Gasteiger partial charge on any atom is -0.0274 e. The highest BCUT2D eigenvalue weighted by molar-refractivity contribution is 4.83. The van der Waals surface area contributed by atoms with Crippen molar-refractivity contribution < 1.29 is 0 Å². The largest absolute Gasteiger partial charge is 0.130 e. The highest BCUT2D eigenvalue weighted by Crippen LogP contribution is 2.01.